The first-order valence-electron chi connectivity index (χ1n) is 9.21. The monoisotopic (exact) mass is 426 g/mol. The highest BCUT2D eigenvalue weighted by molar-refractivity contribution is 7.92. The molecule has 1 amide bonds. The van der Waals surface area contributed by atoms with Gasteiger partial charge in [-0.1, -0.05) is 6.07 Å². The molecule has 1 fully saturated rings. The molecule has 29 heavy (non-hydrogen) atoms. The number of sulfone groups is 1. The van der Waals surface area contributed by atoms with Crippen LogP contribution in [0.25, 0.3) is 0 Å². The third kappa shape index (κ3) is 4.97. The lowest BCUT2D eigenvalue weighted by Crippen LogP contribution is -2.40. The van der Waals surface area contributed by atoms with Crippen molar-refractivity contribution in [1.82, 2.24) is 4.90 Å². The summed E-state index contributed by atoms with van der Waals surface area (Å²) in [6.07, 6.45) is 1.48. The minimum Gasteiger partial charge on any atom is -0.326 e. The van der Waals surface area contributed by atoms with E-state index in [-0.39, 0.29) is 10.6 Å². The van der Waals surface area contributed by atoms with Gasteiger partial charge in [0.1, 0.15) is 17.5 Å². The molecule has 2 aromatic carbocycles. The maximum absolute atomic E-state index is 14.0. The molecule has 0 aliphatic carbocycles. The van der Waals surface area contributed by atoms with E-state index in [0.717, 1.165) is 12.1 Å². The molecule has 1 heterocycles. The van der Waals surface area contributed by atoms with Crippen LogP contribution in [0.4, 0.5) is 18.9 Å². The van der Waals surface area contributed by atoms with Gasteiger partial charge in [-0.15, -0.1) is 0 Å². The second kappa shape index (κ2) is 8.96. The molecular formula is C20H21F3N2O3S. The van der Waals surface area contributed by atoms with Gasteiger partial charge in [-0.05, 0) is 62.2 Å². The average molecular weight is 426 g/mol. The number of amides is 1. The molecule has 3 rings (SSSR count). The Morgan fingerprint density at radius 3 is 2.38 bits per heavy atom. The van der Waals surface area contributed by atoms with Gasteiger partial charge in [-0.25, -0.2) is 21.6 Å². The maximum Gasteiger partial charge on any atom is 0.211 e. The van der Waals surface area contributed by atoms with Crippen molar-refractivity contribution >= 4 is 21.9 Å². The second-order valence-electron chi connectivity index (χ2n) is 6.98. The quantitative estimate of drug-likeness (QED) is 0.691. The number of carbonyl (C=O) groups is 1. The molecule has 0 radical (unpaired) electrons. The van der Waals surface area contributed by atoms with E-state index in [9.17, 15) is 26.4 Å². The SMILES string of the molecule is O=CNc1ccc(S(=O)(=O)C2CCN(CCc3ccc(F)cc3F)CC2)cc1F. The van der Waals surface area contributed by atoms with Crippen molar-refractivity contribution in [3.63, 3.8) is 0 Å². The number of benzene rings is 2. The van der Waals surface area contributed by atoms with E-state index >= 15 is 0 Å². The zero-order chi connectivity index (χ0) is 21.0. The predicted octanol–water partition coefficient (Wildman–Crippen LogP) is 3.15. The lowest BCUT2D eigenvalue weighted by molar-refractivity contribution is -0.105. The van der Waals surface area contributed by atoms with Crippen molar-refractivity contribution in [3.8, 4) is 0 Å². The first kappa shape index (κ1) is 21.3. The number of rotatable bonds is 7. The van der Waals surface area contributed by atoms with Crippen LogP contribution < -0.4 is 5.32 Å². The summed E-state index contributed by atoms with van der Waals surface area (Å²) >= 11 is 0. The number of nitrogens with zero attached hydrogens (tertiary/aromatic N) is 1. The minimum absolute atomic E-state index is 0.0817. The summed E-state index contributed by atoms with van der Waals surface area (Å²) in [5, 5.41) is 1.54. The molecule has 1 N–H and O–H groups in total. The summed E-state index contributed by atoms with van der Waals surface area (Å²) in [6.45, 7) is 1.57. The Morgan fingerprint density at radius 1 is 1.03 bits per heavy atom. The van der Waals surface area contributed by atoms with Crippen LogP contribution in [0, 0.1) is 17.5 Å². The molecule has 0 unspecified atom stereocenters. The number of likely N-dealkylation sites (tertiary alicyclic amines) is 1. The van der Waals surface area contributed by atoms with Gasteiger partial charge in [-0.3, -0.25) is 4.79 Å². The summed E-state index contributed by atoms with van der Waals surface area (Å²) in [6, 6.07) is 6.91. The summed E-state index contributed by atoms with van der Waals surface area (Å²) in [4.78, 5) is 12.3. The zero-order valence-electron chi connectivity index (χ0n) is 15.6. The molecule has 1 saturated heterocycles. The summed E-state index contributed by atoms with van der Waals surface area (Å²) in [5.41, 5.74) is 0.336. The van der Waals surface area contributed by atoms with Gasteiger partial charge in [0.05, 0.1) is 15.8 Å². The number of nitrogens with one attached hydrogen (secondary N) is 1. The molecule has 0 aromatic heterocycles. The number of hydrogen-bond acceptors (Lipinski definition) is 4. The van der Waals surface area contributed by atoms with Gasteiger partial charge < -0.3 is 10.2 Å². The molecule has 0 bridgehead atoms. The van der Waals surface area contributed by atoms with Crippen LogP contribution in [0.3, 0.4) is 0 Å². The smallest absolute Gasteiger partial charge is 0.211 e. The minimum atomic E-state index is -3.70. The molecule has 0 spiro atoms. The van der Waals surface area contributed by atoms with Gasteiger partial charge in [-0.2, -0.15) is 0 Å². The highest BCUT2D eigenvalue weighted by atomic mass is 32.2. The number of anilines is 1. The lowest BCUT2D eigenvalue weighted by Gasteiger charge is -2.31. The Labute approximate surface area is 167 Å². The van der Waals surface area contributed by atoms with Gasteiger partial charge in [0.15, 0.2) is 9.84 Å². The Hall–Kier alpha value is -2.39. The number of piperidine rings is 1. The van der Waals surface area contributed by atoms with E-state index in [1.54, 1.807) is 0 Å². The van der Waals surface area contributed by atoms with Crippen molar-refractivity contribution in [2.45, 2.75) is 29.4 Å². The van der Waals surface area contributed by atoms with Crippen molar-refractivity contribution in [3.05, 3.63) is 59.4 Å². The number of halogens is 3. The normalized spacial score (nSPS) is 16.0. The van der Waals surface area contributed by atoms with Gasteiger partial charge in [0, 0.05) is 12.6 Å². The van der Waals surface area contributed by atoms with Crippen LogP contribution in [-0.4, -0.2) is 44.6 Å². The summed E-state index contributed by atoms with van der Waals surface area (Å²) in [5.74, 6) is -2.02. The molecular weight excluding hydrogens is 405 g/mol. The number of carbonyl (C=O) groups excluding carboxylic acids is 1. The highest BCUT2D eigenvalue weighted by Crippen LogP contribution is 2.27. The molecule has 9 heteroatoms. The predicted molar refractivity (Wildman–Crippen MR) is 103 cm³/mol. The van der Waals surface area contributed by atoms with E-state index in [4.69, 9.17) is 0 Å². The van der Waals surface area contributed by atoms with Crippen molar-refractivity contribution in [2.24, 2.45) is 0 Å². The second-order valence-corrected chi connectivity index (χ2v) is 9.20. The molecule has 2 aromatic rings. The Kier molecular flexibility index (Phi) is 6.59. The largest absolute Gasteiger partial charge is 0.326 e. The fraction of sp³-hybridized carbons (Fsp3) is 0.350. The maximum atomic E-state index is 14.0. The Bertz CT molecular complexity index is 990. The van der Waals surface area contributed by atoms with E-state index in [1.807, 2.05) is 4.90 Å². The van der Waals surface area contributed by atoms with Crippen LogP contribution in [0.15, 0.2) is 41.3 Å². The van der Waals surface area contributed by atoms with E-state index in [0.29, 0.717) is 50.9 Å². The van der Waals surface area contributed by atoms with Crippen LogP contribution in [0.5, 0.6) is 0 Å². The molecule has 1 aliphatic rings. The van der Waals surface area contributed by atoms with Crippen LogP contribution >= 0.6 is 0 Å². The fourth-order valence-corrected chi connectivity index (χ4v) is 5.23. The first-order chi connectivity index (χ1) is 13.8. The topological polar surface area (TPSA) is 66.5 Å². The van der Waals surface area contributed by atoms with Crippen molar-refractivity contribution < 1.29 is 26.4 Å². The van der Waals surface area contributed by atoms with Gasteiger partial charge in [0.2, 0.25) is 6.41 Å². The first-order valence-corrected chi connectivity index (χ1v) is 10.8. The van der Waals surface area contributed by atoms with Crippen LogP contribution in [-0.2, 0) is 21.1 Å². The third-order valence-corrected chi connectivity index (χ3v) is 7.43. The lowest BCUT2D eigenvalue weighted by atomic mass is 10.1. The van der Waals surface area contributed by atoms with Crippen LogP contribution in [0.1, 0.15) is 18.4 Å². The number of hydrogen-bond donors (Lipinski definition) is 1. The highest BCUT2D eigenvalue weighted by Gasteiger charge is 2.31. The molecule has 1 aliphatic heterocycles. The fourth-order valence-electron chi connectivity index (χ4n) is 3.49. The Morgan fingerprint density at radius 2 is 1.76 bits per heavy atom. The molecule has 0 atom stereocenters. The molecule has 156 valence electrons. The van der Waals surface area contributed by atoms with E-state index in [2.05, 4.69) is 5.32 Å². The summed E-state index contributed by atoms with van der Waals surface area (Å²) in [7, 11) is -3.70. The van der Waals surface area contributed by atoms with E-state index < -0.39 is 32.5 Å². The van der Waals surface area contributed by atoms with Gasteiger partial charge >= 0.3 is 0 Å². The van der Waals surface area contributed by atoms with Crippen LogP contribution in [0.2, 0.25) is 0 Å². The zero-order valence-corrected chi connectivity index (χ0v) is 16.4. The summed E-state index contributed by atoms with van der Waals surface area (Å²) < 4.78 is 66.3. The van der Waals surface area contributed by atoms with Gasteiger partial charge in [0.25, 0.3) is 0 Å². The standard InChI is InChI=1S/C20H21F3N2O3S/c21-15-2-1-14(18(22)11-15)5-8-25-9-6-16(7-10-25)29(27,28)17-3-4-20(24-13-26)19(23)12-17/h1-4,11-13,16H,5-10H2,(H,24,26). The molecule has 0 saturated carbocycles. The van der Waals surface area contributed by atoms with Crippen molar-refractivity contribution in [2.75, 3.05) is 25.0 Å². The van der Waals surface area contributed by atoms with E-state index in [1.165, 1.54) is 24.3 Å². The average Bonchev–Trinajstić information content (AvgIpc) is 2.69. The third-order valence-electron chi connectivity index (χ3n) is 5.17. The van der Waals surface area contributed by atoms with Crippen molar-refractivity contribution in [1.29, 1.82) is 0 Å². The Balaban J connectivity index is 1.59. The molecule has 5 nitrogen and oxygen atoms in total.